The highest BCUT2D eigenvalue weighted by atomic mass is 32.2. The highest BCUT2D eigenvalue weighted by Gasteiger charge is 2.33. The van der Waals surface area contributed by atoms with Crippen LogP contribution in [0.4, 0.5) is 0 Å². The van der Waals surface area contributed by atoms with Crippen LogP contribution >= 0.6 is 24.0 Å². The van der Waals surface area contributed by atoms with Gasteiger partial charge in [0.25, 0.3) is 5.91 Å². The smallest absolute Gasteiger partial charge is 0.266 e. The Balaban J connectivity index is 2.33. The van der Waals surface area contributed by atoms with E-state index in [1.165, 1.54) is 11.8 Å². The summed E-state index contributed by atoms with van der Waals surface area (Å²) in [7, 11) is 1.86. The lowest BCUT2D eigenvalue weighted by molar-refractivity contribution is -0.123. The van der Waals surface area contributed by atoms with Crippen LogP contribution in [-0.2, 0) is 11.8 Å². The van der Waals surface area contributed by atoms with Crippen LogP contribution in [0.2, 0.25) is 0 Å². The monoisotopic (exact) mass is 281 g/mol. The molecule has 6 heteroatoms. The van der Waals surface area contributed by atoms with Gasteiger partial charge in [0.15, 0.2) is 0 Å². The third-order valence-corrected chi connectivity index (χ3v) is 4.01. The van der Waals surface area contributed by atoms with Gasteiger partial charge in [-0.25, -0.2) is 0 Å². The summed E-state index contributed by atoms with van der Waals surface area (Å²) < 4.78 is 2.37. The van der Waals surface area contributed by atoms with Crippen molar-refractivity contribution in [3.63, 3.8) is 0 Å². The number of carbonyl (C=O) groups excluding carboxylic acids is 1. The molecule has 0 atom stereocenters. The Bertz CT molecular complexity index is 546. The van der Waals surface area contributed by atoms with Crippen LogP contribution in [0.15, 0.2) is 11.1 Å². The number of aryl methyl sites for hydroxylation is 2. The highest BCUT2D eigenvalue weighted by molar-refractivity contribution is 8.26. The largest absolute Gasteiger partial charge is 0.290 e. The van der Waals surface area contributed by atoms with Gasteiger partial charge < -0.3 is 0 Å². The van der Waals surface area contributed by atoms with Gasteiger partial charge in [-0.3, -0.25) is 14.4 Å². The third-order valence-electron chi connectivity index (χ3n) is 2.68. The van der Waals surface area contributed by atoms with Gasteiger partial charge in [-0.15, -0.1) is 0 Å². The Morgan fingerprint density at radius 2 is 2.17 bits per heavy atom. The van der Waals surface area contributed by atoms with Gasteiger partial charge in [0.1, 0.15) is 4.32 Å². The van der Waals surface area contributed by atoms with E-state index in [2.05, 4.69) is 5.10 Å². The second kappa shape index (κ2) is 4.85. The minimum Gasteiger partial charge on any atom is -0.290 e. The van der Waals surface area contributed by atoms with Crippen molar-refractivity contribution < 1.29 is 4.79 Å². The Morgan fingerprint density at radius 3 is 2.61 bits per heavy atom. The summed E-state index contributed by atoms with van der Waals surface area (Å²) in [4.78, 5) is 14.5. The van der Waals surface area contributed by atoms with E-state index in [-0.39, 0.29) is 11.9 Å². The fourth-order valence-corrected chi connectivity index (χ4v) is 3.34. The molecule has 0 radical (unpaired) electrons. The molecule has 96 valence electrons. The van der Waals surface area contributed by atoms with Gasteiger partial charge in [0.05, 0.1) is 10.6 Å². The van der Waals surface area contributed by atoms with E-state index in [4.69, 9.17) is 12.2 Å². The number of thioether (sulfide) groups is 1. The van der Waals surface area contributed by atoms with Crippen LogP contribution in [0.5, 0.6) is 0 Å². The molecule has 1 aromatic heterocycles. The van der Waals surface area contributed by atoms with E-state index in [0.717, 1.165) is 11.3 Å². The number of rotatable bonds is 2. The SMILES string of the molecule is Cc1nn(C)cc1C=C1SC(=S)N(C(C)C)C1=O. The molecule has 4 nitrogen and oxygen atoms in total. The highest BCUT2D eigenvalue weighted by Crippen LogP contribution is 2.34. The van der Waals surface area contributed by atoms with Gasteiger partial charge in [-0.05, 0) is 26.8 Å². The Labute approximate surface area is 116 Å². The molecule has 0 aromatic carbocycles. The van der Waals surface area contributed by atoms with E-state index in [9.17, 15) is 4.79 Å². The number of hydrogen-bond acceptors (Lipinski definition) is 4. The first-order chi connectivity index (χ1) is 8.40. The van der Waals surface area contributed by atoms with Crippen LogP contribution in [0.25, 0.3) is 6.08 Å². The van der Waals surface area contributed by atoms with Crippen LogP contribution in [0.3, 0.4) is 0 Å². The van der Waals surface area contributed by atoms with Crippen molar-refractivity contribution in [3.8, 4) is 0 Å². The molecular weight excluding hydrogens is 266 g/mol. The Kier molecular flexibility index (Phi) is 3.59. The van der Waals surface area contributed by atoms with Crippen LogP contribution < -0.4 is 0 Å². The minimum absolute atomic E-state index is 0.0109. The Morgan fingerprint density at radius 1 is 1.50 bits per heavy atom. The van der Waals surface area contributed by atoms with Crippen molar-refractivity contribution in [1.82, 2.24) is 14.7 Å². The molecule has 1 saturated heterocycles. The van der Waals surface area contributed by atoms with Crippen LogP contribution in [0, 0.1) is 6.92 Å². The minimum atomic E-state index is -0.0109. The number of thiocarbonyl (C=S) groups is 1. The van der Waals surface area contributed by atoms with E-state index in [1.807, 2.05) is 40.1 Å². The fraction of sp³-hybridized carbons (Fsp3) is 0.417. The summed E-state index contributed by atoms with van der Waals surface area (Å²) in [5.74, 6) is -0.0109. The van der Waals surface area contributed by atoms with Gasteiger partial charge in [-0.2, -0.15) is 5.10 Å². The normalized spacial score (nSPS) is 18.5. The van der Waals surface area contributed by atoms with E-state index in [0.29, 0.717) is 9.23 Å². The van der Waals surface area contributed by atoms with Crippen molar-refractivity contribution in [2.45, 2.75) is 26.8 Å². The average molecular weight is 281 g/mol. The quantitative estimate of drug-likeness (QED) is 0.616. The van der Waals surface area contributed by atoms with Gasteiger partial charge in [0.2, 0.25) is 0 Å². The van der Waals surface area contributed by atoms with Crippen molar-refractivity contribution in [2.24, 2.45) is 7.05 Å². The number of amides is 1. The lowest BCUT2D eigenvalue weighted by Gasteiger charge is -2.18. The molecule has 0 bridgehead atoms. The first-order valence-electron chi connectivity index (χ1n) is 5.67. The van der Waals surface area contributed by atoms with Crippen molar-refractivity contribution >= 4 is 40.3 Å². The molecule has 0 aliphatic carbocycles. The number of hydrogen-bond donors (Lipinski definition) is 0. The number of carbonyl (C=O) groups is 1. The fourth-order valence-electron chi connectivity index (χ4n) is 1.83. The second-order valence-electron chi connectivity index (χ2n) is 4.49. The summed E-state index contributed by atoms with van der Waals surface area (Å²) in [5.41, 5.74) is 1.87. The third kappa shape index (κ3) is 2.35. The summed E-state index contributed by atoms with van der Waals surface area (Å²) in [6.45, 7) is 5.85. The zero-order chi connectivity index (χ0) is 13.4. The first kappa shape index (κ1) is 13.3. The van der Waals surface area contributed by atoms with Gasteiger partial charge >= 0.3 is 0 Å². The lowest BCUT2D eigenvalue weighted by Crippen LogP contribution is -2.34. The van der Waals surface area contributed by atoms with Crippen molar-refractivity contribution in [2.75, 3.05) is 0 Å². The summed E-state index contributed by atoms with van der Waals surface area (Å²) >= 11 is 6.59. The topological polar surface area (TPSA) is 38.1 Å². The van der Waals surface area contributed by atoms with Crippen LogP contribution in [-0.4, -0.2) is 30.9 Å². The zero-order valence-corrected chi connectivity index (χ0v) is 12.4. The number of nitrogens with zero attached hydrogens (tertiary/aromatic N) is 3. The van der Waals surface area contributed by atoms with Crippen molar-refractivity contribution in [1.29, 1.82) is 0 Å². The molecule has 0 saturated carbocycles. The second-order valence-corrected chi connectivity index (χ2v) is 6.16. The zero-order valence-electron chi connectivity index (χ0n) is 10.8. The summed E-state index contributed by atoms with van der Waals surface area (Å²) in [5, 5.41) is 4.26. The molecule has 2 rings (SSSR count). The molecule has 1 aliphatic heterocycles. The predicted molar refractivity (Wildman–Crippen MR) is 78.1 cm³/mol. The molecule has 18 heavy (non-hydrogen) atoms. The molecule has 0 spiro atoms. The maximum Gasteiger partial charge on any atom is 0.266 e. The standard InChI is InChI=1S/C12H15N3OS2/c1-7(2)15-11(16)10(18-12(15)17)5-9-6-14(4)13-8(9)3/h5-7H,1-4H3. The van der Waals surface area contributed by atoms with E-state index >= 15 is 0 Å². The first-order valence-corrected chi connectivity index (χ1v) is 6.90. The molecular formula is C12H15N3OS2. The lowest BCUT2D eigenvalue weighted by atomic mass is 10.2. The molecule has 1 fully saturated rings. The maximum atomic E-state index is 12.2. The molecule has 0 N–H and O–H groups in total. The summed E-state index contributed by atoms with van der Waals surface area (Å²) in [6.07, 6.45) is 3.77. The molecule has 1 amide bonds. The molecule has 1 aliphatic rings. The predicted octanol–water partition coefficient (Wildman–Crippen LogP) is 2.34. The van der Waals surface area contributed by atoms with Crippen LogP contribution in [0.1, 0.15) is 25.1 Å². The number of aromatic nitrogens is 2. The van der Waals surface area contributed by atoms with Gasteiger partial charge in [-0.1, -0.05) is 24.0 Å². The van der Waals surface area contributed by atoms with Crippen molar-refractivity contribution in [3.05, 3.63) is 22.4 Å². The van der Waals surface area contributed by atoms with E-state index in [1.54, 1.807) is 9.58 Å². The maximum absolute atomic E-state index is 12.2. The molecule has 2 heterocycles. The van der Waals surface area contributed by atoms with E-state index < -0.39 is 0 Å². The van der Waals surface area contributed by atoms with Gasteiger partial charge in [0, 0.05) is 24.8 Å². The molecule has 0 unspecified atom stereocenters. The summed E-state index contributed by atoms with van der Waals surface area (Å²) in [6, 6.07) is 0.0957. The average Bonchev–Trinajstić information content (AvgIpc) is 2.69. The Hall–Kier alpha value is -1.14. The molecule has 1 aromatic rings.